The van der Waals surface area contributed by atoms with Crippen LogP contribution in [0.25, 0.3) is 0 Å². The number of allylic oxidation sites excluding steroid dienone is 2. The summed E-state index contributed by atoms with van der Waals surface area (Å²) in [5, 5.41) is 0. The van der Waals surface area contributed by atoms with Crippen LogP contribution >= 0.6 is 0 Å². The van der Waals surface area contributed by atoms with Crippen molar-refractivity contribution in [1.29, 1.82) is 0 Å². The van der Waals surface area contributed by atoms with Gasteiger partial charge in [-0.3, -0.25) is 0 Å². The summed E-state index contributed by atoms with van der Waals surface area (Å²) < 4.78 is 0. The molecular weight excluding hydrogens is 136 g/mol. The van der Waals surface area contributed by atoms with Gasteiger partial charge in [0.05, 0.1) is 0 Å². The third-order valence-corrected chi connectivity index (χ3v) is 2.23. The van der Waals surface area contributed by atoms with Gasteiger partial charge in [0.1, 0.15) is 6.29 Å². The van der Waals surface area contributed by atoms with Gasteiger partial charge in [-0.25, -0.2) is 0 Å². The van der Waals surface area contributed by atoms with Crippen molar-refractivity contribution < 1.29 is 4.79 Å². The molecule has 1 aliphatic rings. The van der Waals surface area contributed by atoms with E-state index in [9.17, 15) is 4.79 Å². The molecule has 0 unspecified atom stereocenters. The maximum Gasteiger partial charge on any atom is 0.124 e. The number of hydrogen-bond acceptors (Lipinski definition) is 1. The SMILES string of the molecule is O=CCC1=CCCCCCC1. The Morgan fingerprint density at radius 2 is 2.09 bits per heavy atom. The van der Waals surface area contributed by atoms with Crippen molar-refractivity contribution in [2.45, 2.75) is 44.9 Å². The van der Waals surface area contributed by atoms with Gasteiger partial charge < -0.3 is 4.79 Å². The molecule has 0 saturated carbocycles. The summed E-state index contributed by atoms with van der Waals surface area (Å²) in [6.45, 7) is 0. The van der Waals surface area contributed by atoms with Gasteiger partial charge in [0.2, 0.25) is 0 Å². The third kappa shape index (κ3) is 3.35. The number of hydrogen-bond donors (Lipinski definition) is 0. The lowest BCUT2D eigenvalue weighted by atomic mass is 9.98. The van der Waals surface area contributed by atoms with E-state index in [0.29, 0.717) is 6.42 Å². The molecule has 0 spiro atoms. The fourth-order valence-corrected chi connectivity index (χ4v) is 1.55. The van der Waals surface area contributed by atoms with E-state index < -0.39 is 0 Å². The lowest BCUT2D eigenvalue weighted by molar-refractivity contribution is -0.107. The predicted molar refractivity (Wildman–Crippen MR) is 46.5 cm³/mol. The molecule has 0 bridgehead atoms. The molecule has 0 aromatic rings. The monoisotopic (exact) mass is 152 g/mol. The first-order valence-corrected chi connectivity index (χ1v) is 4.55. The molecule has 0 aliphatic heterocycles. The molecule has 1 heteroatoms. The van der Waals surface area contributed by atoms with Crippen LogP contribution in [0.1, 0.15) is 44.9 Å². The molecule has 0 heterocycles. The van der Waals surface area contributed by atoms with Crippen molar-refractivity contribution in [2.75, 3.05) is 0 Å². The first-order chi connectivity index (χ1) is 5.43. The zero-order valence-electron chi connectivity index (χ0n) is 7.01. The molecule has 0 saturated heterocycles. The van der Waals surface area contributed by atoms with Gasteiger partial charge in [0.15, 0.2) is 0 Å². The highest BCUT2D eigenvalue weighted by Crippen LogP contribution is 2.18. The van der Waals surface area contributed by atoms with E-state index in [4.69, 9.17) is 0 Å². The van der Waals surface area contributed by atoms with Crippen molar-refractivity contribution in [1.82, 2.24) is 0 Å². The maximum absolute atomic E-state index is 10.2. The quantitative estimate of drug-likeness (QED) is 0.439. The van der Waals surface area contributed by atoms with Crippen LogP contribution in [-0.4, -0.2) is 6.29 Å². The highest BCUT2D eigenvalue weighted by atomic mass is 16.1. The second-order valence-electron chi connectivity index (χ2n) is 3.19. The molecule has 1 rings (SSSR count). The molecular formula is C10H16O. The Kier molecular flexibility index (Phi) is 3.95. The standard InChI is InChI=1S/C10H16O/c11-9-8-10-6-4-2-1-3-5-7-10/h6,9H,1-5,7-8H2. The van der Waals surface area contributed by atoms with E-state index in [-0.39, 0.29) is 0 Å². The molecule has 0 radical (unpaired) electrons. The fourth-order valence-electron chi connectivity index (χ4n) is 1.55. The molecule has 0 fully saturated rings. The Labute approximate surface area is 68.5 Å². The van der Waals surface area contributed by atoms with Gasteiger partial charge in [0, 0.05) is 6.42 Å². The van der Waals surface area contributed by atoms with Crippen molar-refractivity contribution in [2.24, 2.45) is 0 Å². The van der Waals surface area contributed by atoms with Gasteiger partial charge in [-0.2, -0.15) is 0 Å². The summed E-state index contributed by atoms with van der Waals surface area (Å²) >= 11 is 0. The summed E-state index contributed by atoms with van der Waals surface area (Å²) in [5.74, 6) is 0. The third-order valence-electron chi connectivity index (χ3n) is 2.23. The van der Waals surface area contributed by atoms with Crippen LogP contribution < -0.4 is 0 Å². The van der Waals surface area contributed by atoms with Crippen molar-refractivity contribution in [3.05, 3.63) is 11.6 Å². The number of rotatable bonds is 2. The van der Waals surface area contributed by atoms with Crippen LogP contribution in [-0.2, 0) is 4.79 Å². The molecule has 1 nitrogen and oxygen atoms in total. The van der Waals surface area contributed by atoms with Crippen molar-refractivity contribution in [3.63, 3.8) is 0 Å². The van der Waals surface area contributed by atoms with Crippen LogP contribution in [0.3, 0.4) is 0 Å². The van der Waals surface area contributed by atoms with Crippen LogP contribution in [0.5, 0.6) is 0 Å². The lowest BCUT2D eigenvalue weighted by Gasteiger charge is -2.07. The Morgan fingerprint density at radius 1 is 1.27 bits per heavy atom. The smallest absolute Gasteiger partial charge is 0.124 e. The van der Waals surface area contributed by atoms with E-state index in [1.54, 1.807) is 0 Å². The normalized spacial score (nSPS) is 19.8. The van der Waals surface area contributed by atoms with E-state index in [2.05, 4.69) is 6.08 Å². The minimum atomic E-state index is 0.667. The zero-order chi connectivity index (χ0) is 7.94. The van der Waals surface area contributed by atoms with Gasteiger partial charge in [-0.05, 0) is 25.7 Å². The number of carbonyl (C=O) groups is 1. The largest absolute Gasteiger partial charge is 0.303 e. The van der Waals surface area contributed by atoms with Crippen LogP contribution in [0.15, 0.2) is 11.6 Å². The average Bonchev–Trinajstić information content (AvgIpc) is 1.94. The highest BCUT2D eigenvalue weighted by Gasteiger charge is 2.00. The second kappa shape index (κ2) is 5.11. The molecule has 0 amide bonds. The first kappa shape index (κ1) is 8.51. The Hall–Kier alpha value is -0.590. The van der Waals surface area contributed by atoms with Gasteiger partial charge in [-0.1, -0.05) is 24.5 Å². The molecule has 0 aromatic carbocycles. The van der Waals surface area contributed by atoms with E-state index in [0.717, 1.165) is 12.7 Å². The zero-order valence-corrected chi connectivity index (χ0v) is 7.01. The summed E-state index contributed by atoms with van der Waals surface area (Å²) in [4.78, 5) is 10.2. The predicted octanol–water partition coefficient (Wildman–Crippen LogP) is 2.86. The number of carbonyl (C=O) groups excluding carboxylic acids is 1. The molecule has 1 aliphatic carbocycles. The second-order valence-corrected chi connectivity index (χ2v) is 3.19. The summed E-state index contributed by atoms with van der Waals surface area (Å²) in [7, 11) is 0. The van der Waals surface area contributed by atoms with Crippen molar-refractivity contribution in [3.8, 4) is 0 Å². The first-order valence-electron chi connectivity index (χ1n) is 4.55. The van der Waals surface area contributed by atoms with Gasteiger partial charge in [-0.15, -0.1) is 0 Å². The summed E-state index contributed by atoms with van der Waals surface area (Å²) in [6, 6.07) is 0. The molecule has 0 atom stereocenters. The molecule has 11 heavy (non-hydrogen) atoms. The van der Waals surface area contributed by atoms with Crippen LogP contribution in [0.4, 0.5) is 0 Å². The minimum Gasteiger partial charge on any atom is -0.303 e. The van der Waals surface area contributed by atoms with Crippen molar-refractivity contribution >= 4 is 6.29 Å². The van der Waals surface area contributed by atoms with E-state index in [1.807, 2.05) is 0 Å². The van der Waals surface area contributed by atoms with Gasteiger partial charge >= 0.3 is 0 Å². The van der Waals surface area contributed by atoms with E-state index >= 15 is 0 Å². The molecule has 0 aromatic heterocycles. The topological polar surface area (TPSA) is 17.1 Å². The minimum absolute atomic E-state index is 0.667. The highest BCUT2D eigenvalue weighted by molar-refractivity contribution is 5.54. The number of aldehydes is 1. The average molecular weight is 152 g/mol. The van der Waals surface area contributed by atoms with Crippen LogP contribution in [0, 0.1) is 0 Å². The Morgan fingerprint density at radius 3 is 2.91 bits per heavy atom. The summed E-state index contributed by atoms with van der Waals surface area (Å²) in [6.07, 6.45) is 11.6. The summed E-state index contributed by atoms with van der Waals surface area (Å²) in [5.41, 5.74) is 1.36. The molecule has 0 N–H and O–H groups in total. The fraction of sp³-hybridized carbons (Fsp3) is 0.700. The Balaban J connectivity index is 2.38. The van der Waals surface area contributed by atoms with Crippen LogP contribution in [0.2, 0.25) is 0 Å². The Bertz CT molecular complexity index is 147. The maximum atomic E-state index is 10.2. The molecule has 62 valence electrons. The van der Waals surface area contributed by atoms with Gasteiger partial charge in [0.25, 0.3) is 0 Å². The lowest BCUT2D eigenvalue weighted by Crippen LogP contribution is -1.90. The van der Waals surface area contributed by atoms with E-state index in [1.165, 1.54) is 37.7 Å².